The number of amides is 1. The number of thiazole rings is 1. The van der Waals surface area contributed by atoms with Gasteiger partial charge >= 0.3 is 5.97 Å². The highest BCUT2D eigenvalue weighted by Crippen LogP contribution is 2.65. The molecule has 2 aliphatic rings. The third kappa shape index (κ3) is 1.59. The molecule has 114 valence electrons. The normalized spacial score (nSPS) is 33.1. The maximum atomic E-state index is 12.8. The van der Waals surface area contributed by atoms with Crippen molar-refractivity contribution in [3.63, 3.8) is 0 Å². The molecule has 0 spiro atoms. The second-order valence-electron chi connectivity index (χ2n) is 6.79. The predicted molar refractivity (Wildman–Crippen MR) is 80.2 cm³/mol. The predicted octanol–water partition coefficient (Wildman–Crippen LogP) is 2.82. The summed E-state index contributed by atoms with van der Waals surface area (Å²) in [5, 5.41) is 3.42. The summed E-state index contributed by atoms with van der Waals surface area (Å²) >= 11 is 1.44. The lowest BCUT2D eigenvalue weighted by Gasteiger charge is -2.35. The van der Waals surface area contributed by atoms with Crippen LogP contribution in [-0.2, 0) is 14.3 Å². The van der Waals surface area contributed by atoms with E-state index in [9.17, 15) is 9.59 Å². The average Bonchev–Trinajstić information content (AvgIpc) is 2.85. The second-order valence-corrected chi connectivity index (χ2v) is 7.99. The van der Waals surface area contributed by atoms with Crippen molar-refractivity contribution in [3.05, 3.63) is 10.6 Å². The van der Waals surface area contributed by atoms with Crippen LogP contribution in [0.2, 0.25) is 0 Å². The van der Waals surface area contributed by atoms with Crippen molar-refractivity contribution in [2.75, 3.05) is 5.32 Å². The zero-order chi connectivity index (χ0) is 15.6. The largest absolute Gasteiger partial charge is 0.448 e. The minimum atomic E-state index is -1.08. The van der Waals surface area contributed by atoms with Crippen LogP contribution < -0.4 is 5.32 Å². The molecule has 1 amide bonds. The maximum Gasteiger partial charge on any atom is 0.313 e. The number of rotatable bonds is 2. The Morgan fingerprint density at radius 3 is 2.38 bits per heavy atom. The van der Waals surface area contributed by atoms with Crippen LogP contribution in [0, 0.1) is 24.7 Å². The Morgan fingerprint density at radius 1 is 1.29 bits per heavy atom. The van der Waals surface area contributed by atoms with Crippen LogP contribution in [0.1, 0.15) is 44.2 Å². The van der Waals surface area contributed by atoms with Crippen molar-refractivity contribution >= 4 is 28.3 Å². The highest BCUT2D eigenvalue weighted by molar-refractivity contribution is 7.15. The topological polar surface area (TPSA) is 68.3 Å². The van der Waals surface area contributed by atoms with Crippen molar-refractivity contribution in [2.24, 2.45) is 10.8 Å². The first-order valence-electron chi connectivity index (χ1n) is 7.13. The molecule has 2 atom stereocenters. The van der Waals surface area contributed by atoms with Gasteiger partial charge in [-0.25, -0.2) is 4.98 Å². The Balaban J connectivity index is 1.93. The average molecular weight is 308 g/mol. The van der Waals surface area contributed by atoms with Gasteiger partial charge in [0.05, 0.1) is 11.1 Å². The molecule has 1 N–H and O–H groups in total. The molecule has 1 aliphatic heterocycles. The van der Waals surface area contributed by atoms with Gasteiger partial charge in [0.25, 0.3) is 5.91 Å². The number of fused-ring (bicyclic) bond motifs is 2. The first kappa shape index (κ1) is 14.5. The van der Waals surface area contributed by atoms with Gasteiger partial charge in [0, 0.05) is 10.3 Å². The number of aromatic nitrogens is 1. The third-order valence-electron chi connectivity index (χ3n) is 5.70. The van der Waals surface area contributed by atoms with E-state index in [4.69, 9.17) is 4.74 Å². The minimum absolute atomic E-state index is 0.254. The third-order valence-corrected chi connectivity index (χ3v) is 6.69. The van der Waals surface area contributed by atoms with E-state index in [1.54, 1.807) is 0 Å². The molecular weight excluding hydrogens is 288 g/mol. The van der Waals surface area contributed by atoms with Crippen LogP contribution in [0.15, 0.2) is 0 Å². The molecule has 1 saturated carbocycles. The molecule has 1 saturated heterocycles. The van der Waals surface area contributed by atoms with Gasteiger partial charge in [-0.05, 0) is 33.6 Å². The first-order valence-corrected chi connectivity index (χ1v) is 7.95. The summed E-state index contributed by atoms with van der Waals surface area (Å²) in [5.41, 5.74) is -1.28. The summed E-state index contributed by atoms with van der Waals surface area (Å²) in [6.07, 6.45) is 1.25. The van der Waals surface area contributed by atoms with Crippen LogP contribution in [0.25, 0.3) is 0 Å². The minimum Gasteiger partial charge on any atom is -0.448 e. The molecule has 1 aromatic heterocycles. The van der Waals surface area contributed by atoms with E-state index in [2.05, 4.69) is 10.3 Å². The Hall–Kier alpha value is -1.43. The van der Waals surface area contributed by atoms with Gasteiger partial charge in [0.1, 0.15) is 0 Å². The van der Waals surface area contributed by atoms with Crippen molar-refractivity contribution < 1.29 is 14.3 Å². The Labute approximate surface area is 128 Å². The number of aryl methyl sites for hydroxylation is 2. The fraction of sp³-hybridized carbons (Fsp3) is 0.667. The van der Waals surface area contributed by atoms with Crippen LogP contribution in [-0.4, -0.2) is 22.5 Å². The van der Waals surface area contributed by atoms with Crippen LogP contribution in [0.4, 0.5) is 5.13 Å². The molecule has 5 nitrogen and oxygen atoms in total. The van der Waals surface area contributed by atoms with Gasteiger partial charge in [0.2, 0.25) is 0 Å². The Morgan fingerprint density at radius 2 is 1.95 bits per heavy atom. The van der Waals surface area contributed by atoms with Gasteiger partial charge in [0.15, 0.2) is 10.7 Å². The zero-order valence-electron chi connectivity index (χ0n) is 13.0. The molecule has 2 heterocycles. The van der Waals surface area contributed by atoms with Gasteiger partial charge in [-0.2, -0.15) is 0 Å². The van der Waals surface area contributed by atoms with E-state index >= 15 is 0 Å². The maximum absolute atomic E-state index is 12.8. The number of nitrogens with one attached hydrogen (secondary N) is 1. The number of esters is 1. The molecule has 2 bridgehead atoms. The molecular formula is C15H20N2O3S. The summed E-state index contributed by atoms with van der Waals surface area (Å²) in [7, 11) is 0. The summed E-state index contributed by atoms with van der Waals surface area (Å²) < 4.78 is 5.56. The first-order chi connectivity index (χ1) is 9.64. The zero-order valence-corrected chi connectivity index (χ0v) is 13.8. The van der Waals surface area contributed by atoms with Gasteiger partial charge in [-0.3, -0.25) is 14.9 Å². The second kappa shape index (κ2) is 4.06. The van der Waals surface area contributed by atoms with E-state index < -0.39 is 16.4 Å². The molecule has 3 rings (SSSR count). The van der Waals surface area contributed by atoms with E-state index in [1.807, 2.05) is 34.6 Å². The molecule has 2 fully saturated rings. The highest BCUT2D eigenvalue weighted by Gasteiger charge is 2.75. The molecule has 21 heavy (non-hydrogen) atoms. The van der Waals surface area contributed by atoms with E-state index in [1.165, 1.54) is 11.3 Å². The lowest BCUT2D eigenvalue weighted by Crippen LogP contribution is -2.50. The van der Waals surface area contributed by atoms with E-state index in [0.29, 0.717) is 18.0 Å². The fourth-order valence-electron chi connectivity index (χ4n) is 3.47. The van der Waals surface area contributed by atoms with Crippen LogP contribution in [0.3, 0.4) is 0 Å². The van der Waals surface area contributed by atoms with Gasteiger partial charge in [-0.1, -0.05) is 13.8 Å². The number of hydrogen-bond acceptors (Lipinski definition) is 5. The smallest absolute Gasteiger partial charge is 0.313 e. The lowest BCUT2D eigenvalue weighted by molar-refractivity contribution is -0.165. The summed E-state index contributed by atoms with van der Waals surface area (Å²) in [4.78, 5) is 30.4. The number of ether oxygens (including phenoxy) is 1. The molecule has 0 radical (unpaired) electrons. The van der Waals surface area contributed by atoms with Crippen molar-refractivity contribution in [3.8, 4) is 0 Å². The number of nitrogens with zero attached hydrogens (tertiary/aromatic N) is 1. The fourth-order valence-corrected chi connectivity index (χ4v) is 4.28. The monoisotopic (exact) mass is 308 g/mol. The lowest BCUT2D eigenvalue weighted by atomic mass is 9.66. The number of carbonyl (C=O) groups is 2. The van der Waals surface area contributed by atoms with Crippen molar-refractivity contribution in [2.45, 2.75) is 53.1 Å². The van der Waals surface area contributed by atoms with Crippen molar-refractivity contribution in [1.82, 2.24) is 4.98 Å². The van der Waals surface area contributed by atoms with Crippen LogP contribution >= 0.6 is 11.3 Å². The molecule has 1 aliphatic carbocycles. The number of carbonyl (C=O) groups excluding carboxylic acids is 2. The summed E-state index contributed by atoms with van der Waals surface area (Å²) in [5.74, 6) is -0.517. The quantitative estimate of drug-likeness (QED) is 0.853. The Bertz CT molecular complexity index is 632. The summed E-state index contributed by atoms with van der Waals surface area (Å²) in [6, 6.07) is 0. The summed E-state index contributed by atoms with van der Waals surface area (Å²) in [6.45, 7) is 9.67. The SMILES string of the molecule is Cc1nc(NC(=O)[C@]23CC[C@](C)(C(=O)O2)C3(C)C)sc1C. The van der Waals surface area contributed by atoms with Crippen molar-refractivity contribution in [1.29, 1.82) is 0 Å². The van der Waals surface area contributed by atoms with E-state index in [0.717, 1.165) is 10.6 Å². The van der Waals surface area contributed by atoms with Crippen LogP contribution in [0.5, 0.6) is 0 Å². The highest BCUT2D eigenvalue weighted by atomic mass is 32.1. The Kier molecular flexibility index (Phi) is 2.81. The molecule has 0 unspecified atom stereocenters. The number of hydrogen-bond donors (Lipinski definition) is 1. The molecule has 6 heteroatoms. The van der Waals surface area contributed by atoms with Gasteiger partial charge in [-0.15, -0.1) is 11.3 Å². The number of anilines is 1. The molecule has 1 aromatic rings. The van der Waals surface area contributed by atoms with Gasteiger partial charge < -0.3 is 4.74 Å². The standard InChI is InChI=1S/C15H20N2O3S/c1-8-9(2)21-12(16-8)17-10(18)15-7-6-14(5,11(19)20-15)13(15,3)4/h6-7H2,1-5H3,(H,16,17,18)/t14-,15+/m1/s1. The van der Waals surface area contributed by atoms with E-state index in [-0.39, 0.29) is 11.9 Å². The molecule has 0 aromatic carbocycles.